The zero-order chi connectivity index (χ0) is 35.1. The van der Waals surface area contributed by atoms with Crippen LogP contribution in [0, 0.1) is 7.43 Å². The van der Waals surface area contributed by atoms with Gasteiger partial charge in [-0.1, -0.05) is 166 Å². The molecule has 0 aliphatic heterocycles. The molecule has 0 amide bonds. The van der Waals surface area contributed by atoms with E-state index in [1.54, 1.807) is 0 Å². The Kier molecular flexibility index (Phi) is 20.2. The molecular formula is C52H44NV6-. The third-order valence-electron chi connectivity index (χ3n) is 10.7. The van der Waals surface area contributed by atoms with Gasteiger partial charge < -0.3 is 12.3 Å². The molecule has 9 rings (SSSR count). The summed E-state index contributed by atoms with van der Waals surface area (Å²) in [6.45, 7) is 4.73. The zero-order valence-electron chi connectivity index (χ0n) is 33.2. The second-order valence-corrected chi connectivity index (χ2v) is 14.2. The quantitative estimate of drug-likeness (QED) is 0.144. The van der Waals surface area contributed by atoms with Crippen LogP contribution in [0.15, 0.2) is 200 Å². The standard InChI is InChI=1S/C51H39N.CH3.6V.H2/c1-51(2)49-34-42(38-17-10-5-11-18-38)25-31-47(49)48-32-26-43(35-50(48)51)40-23-29-45(30-24-40)52(44-27-21-39(22-28-44)36-13-6-3-7-14-36)46-20-12-19-41(33-46)37-15-8-4-9-16-37;;;;;;;;/h3-35H,1-2H3;1H3;;;;;;;1H/q;-1;;;;;;;. The molecule has 1 nitrogen and oxygen atoms in total. The molecule has 0 bridgehead atoms. The first kappa shape index (κ1) is 52.2. The molecular weight excluding hydrogens is 944 g/mol. The fraction of sp³-hybridized carbons (Fsp3) is 0.0577. The second kappa shape index (κ2) is 22.8. The van der Waals surface area contributed by atoms with E-state index >= 15 is 0 Å². The summed E-state index contributed by atoms with van der Waals surface area (Å²) in [6, 6.07) is 72.7. The molecule has 8 aromatic carbocycles. The summed E-state index contributed by atoms with van der Waals surface area (Å²) in [5.74, 6) is 0. The first-order valence-electron chi connectivity index (χ1n) is 18.1. The molecule has 0 aromatic heterocycles. The van der Waals surface area contributed by atoms with Gasteiger partial charge >= 0.3 is 0 Å². The van der Waals surface area contributed by atoms with Gasteiger partial charge in [-0.05, 0) is 115 Å². The Hall–Kier alpha value is -2.93. The third-order valence-corrected chi connectivity index (χ3v) is 10.7. The summed E-state index contributed by atoms with van der Waals surface area (Å²) >= 11 is 0. The first-order valence-corrected chi connectivity index (χ1v) is 18.1. The molecule has 0 spiro atoms. The third kappa shape index (κ3) is 10.6. The Bertz CT molecular complexity index is 2530. The number of benzene rings is 8. The largest absolute Gasteiger partial charge is 0.358 e. The van der Waals surface area contributed by atoms with E-state index < -0.39 is 0 Å². The topological polar surface area (TPSA) is 3.24 Å². The van der Waals surface area contributed by atoms with E-state index in [9.17, 15) is 0 Å². The van der Waals surface area contributed by atoms with Gasteiger partial charge in [0.25, 0.3) is 0 Å². The monoisotopic (exact) mass is 988 g/mol. The van der Waals surface area contributed by atoms with Crippen molar-refractivity contribution in [2.24, 2.45) is 0 Å². The molecule has 6 radical (unpaired) electrons. The van der Waals surface area contributed by atoms with E-state index in [-0.39, 0.29) is 126 Å². The molecule has 0 fully saturated rings. The van der Waals surface area contributed by atoms with Gasteiger partial charge in [-0.15, -0.1) is 0 Å². The molecule has 7 heteroatoms. The molecule has 0 atom stereocenters. The van der Waals surface area contributed by atoms with Crippen LogP contribution in [0.5, 0.6) is 0 Å². The maximum absolute atomic E-state index is 2.41. The SMILES string of the molecule is CC1(C)c2cc(-c3ccccc3)ccc2-c2ccc(-c3ccc(N(c4ccc(-c5ccccc5)cc4)c4cccc(-c5ccccc5)c4)cc3)cc21.[CH3-].[HH].[V].[V].[V].[V].[V].[V]. The summed E-state index contributed by atoms with van der Waals surface area (Å²) in [6.07, 6.45) is 0. The minimum absolute atomic E-state index is 0. The van der Waals surface area contributed by atoms with E-state index in [2.05, 4.69) is 219 Å². The van der Waals surface area contributed by atoms with E-state index in [0.717, 1.165) is 17.1 Å². The Morgan fingerprint density at radius 1 is 0.305 bits per heavy atom. The van der Waals surface area contributed by atoms with Gasteiger partial charge in [0.1, 0.15) is 0 Å². The van der Waals surface area contributed by atoms with E-state index in [1.165, 1.54) is 66.8 Å². The Balaban J connectivity index is 0.00000225. The average Bonchev–Trinajstić information content (AvgIpc) is 3.44. The normalized spacial score (nSPS) is 11.1. The summed E-state index contributed by atoms with van der Waals surface area (Å²) in [4.78, 5) is 2.36. The van der Waals surface area contributed by atoms with Crippen molar-refractivity contribution < 1.29 is 113 Å². The number of hydrogen-bond acceptors (Lipinski definition) is 1. The van der Waals surface area contributed by atoms with Gasteiger partial charge in [0.05, 0.1) is 0 Å². The Morgan fingerprint density at radius 3 is 1.02 bits per heavy atom. The van der Waals surface area contributed by atoms with Crippen LogP contribution >= 0.6 is 0 Å². The second-order valence-electron chi connectivity index (χ2n) is 14.2. The van der Waals surface area contributed by atoms with Crippen molar-refractivity contribution in [1.29, 1.82) is 0 Å². The zero-order valence-corrected chi connectivity index (χ0v) is 41.6. The average molecular weight is 989 g/mol. The van der Waals surface area contributed by atoms with Crippen LogP contribution in [0.1, 0.15) is 26.4 Å². The van der Waals surface area contributed by atoms with Gasteiger partial charge in [0.2, 0.25) is 0 Å². The van der Waals surface area contributed by atoms with Gasteiger partial charge in [-0.25, -0.2) is 0 Å². The molecule has 0 saturated heterocycles. The van der Waals surface area contributed by atoms with Crippen molar-refractivity contribution in [3.63, 3.8) is 0 Å². The van der Waals surface area contributed by atoms with Crippen LogP contribution in [-0.4, -0.2) is 0 Å². The number of fused-ring (bicyclic) bond motifs is 3. The molecule has 0 unspecified atom stereocenters. The van der Waals surface area contributed by atoms with Gasteiger partial charge in [-0.2, -0.15) is 0 Å². The van der Waals surface area contributed by atoms with Crippen molar-refractivity contribution >= 4 is 17.1 Å². The number of nitrogens with zero attached hydrogens (tertiary/aromatic N) is 1. The molecule has 1 aliphatic carbocycles. The molecule has 288 valence electrons. The fourth-order valence-electron chi connectivity index (χ4n) is 7.87. The maximum Gasteiger partial charge on any atom is 0.0467 e. The van der Waals surface area contributed by atoms with Crippen LogP contribution in [0.4, 0.5) is 17.1 Å². The molecule has 0 N–H and O–H groups in total. The summed E-state index contributed by atoms with van der Waals surface area (Å²) in [5, 5.41) is 0. The number of hydrogen-bond donors (Lipinski definition) is 0. The van der Waals surface area contributed by atoms with Crippen LogP contribution in [0.25, 0.3) is 55.6 Å². The van der Waals surface area contributed by atoms with Crippen molar-refractivity contribution in [1.82, 2.24) is 0 Å². The van der Waals surface area contributed by atoms with Crippen LogP contribution in [-0.2, 0) is 117 Å². The molecule has 59 heavy (non-hydrogen) atoms. The molecule has 8 aromatic rings. The minimum atomic E-state index is -0.0993. The first-order chi connectivity index (χ1) is 25.5. The van der Waals surface area contributed by atoms with Gasteiger partial charge in [0, 0.05) is 135 Å². The smallest absolute Gasteiger partial charge is 0.0467 e. The Labute approximate surface area is 424 Å². The van der Waals surface area contributed by atoms with Crippen molar-refractivity contribution in [3.05, 3.63) is 219 Å². The minimum Gasteiger partial charge on any atom is -0.358 e. The molecule has 0 saturated carbocycles. The van der Waals surface area contributed by atoms with Gasteiger partial charge in [-0.3, -0.25) is 0 Å². The predicted molar refractivity (Wildman–Crippen MR) is 229 cm³/mol. The van der Waals surface area contributed by atoms with E-state index in [4.69, 9.17) is 0 Å². The van der Waals surface area contributed by atoms with Crippen molar-refractivity contribution in [2.45, 2.75) is 19.3 Å². The number of anilines is 3. The van der Waals surface area contributed by atoms with Crippen molar-refractivity contribution in [3.8, 4) is 55.6 Å². The maximum atomic E-state index is 2.41. The summed E-state index contributed by atoms with van der Waals surface area (Å²) in [5.41, 5.74) is 18.5. The Morgan fingerprint density at radius 2 is 0.610 bits per heavy atom. The van der Waals surface area contributed by atoms with Gasteiger partial charge in [0.15, 0.2) is 0 Å². The van der Waals surface area contributed by atoms with Crippen LogP contribution in [0.3, 0.4) is 0 Å². The summed E-state index contributed by atoms with van der Waals surface area (Å²) < 4.78 is 0. The molecule has 0 heterocycles. The van der Waals surface area contributed by atoms with Crippen LogP contribution < -0.4 is 4.90 Å². The van der Waals surface area contributed by atoms with E-state index in [1.807, 2.05) is 0 Å². The van der Waals surface area contributed by atoms with E-state index in [0.29, 0.717) is 0 Å². The summed E-state index contributed by atoms with van der Waals surface area (Å²) in [7, 11) is 0. The molecule has 1 aliphatic rings. The number of rotatable bonds is 7. The van der Waals surface area contributed by atoms with Crippen molar-refractivity contribution in [2.75, 3.05) is 4.90 Å². The van der Waals surface area contributed by atoms with Crippen LogP contribution in [0.2, 0.25) is 0 Å². The predicted octanol–water partition coefficient (Wildman–Crippen LogP) is 14.8. The fourth-order valence-corrected chi connectivity index (χ4v) is 7.87.